The zero-order chi connectivity index (χ0) is 10.1. The summed E-state index contributed by atoms with van der Waals surface area (Å²) in [4.78, 5) is 10.8. The molecule has 14 heavy (non-hydrogen) atoms. The van der Waals surface area contributed by atoms with Gasteiger partial charge >= 0.3 is 0 Å². The van der Waals surface area contributed by atoms with Crippen LogP contribution in [0.1, 0.15) is 24.3 Å². The van der Waals surface area contributed by atoms with E-state index in [9.17, 15) is 9.90 Å². The van der Waals surface area contributed by atoms with Crippen LogP contribution in [0.4, 0.5) is 0 Å². The van der Waals surface area contributed by atoms with Crippen molar-refractivity contribution in [3.63, 3.8) is 0 Å². The van der Waals surface area contributed by atoms with Gasteiger partial charge in [0.1, 0.15) is 5.78 Å². The van der Waals surface area contributed by atoms with Crippen molar-refractivity contribution < 1.29 is 14.6 Å². The van der Waals surface area contributed by atoms with Gasteiger partial charge in [-0.05, 0) is 6.07 Å². The van der Waals surface area contributed by atoms with Gasteiger partial charge < -0.3 is 9.84 Å². The van der Waals surface area contributed by atoms with Crippen molar-refractivity contribution in [2.24, 2.45) is 0 Å². The summed E-state index contributed by atoms with van der Waals surface area (Å²) in [5, 5.41) is 9.77. The molecule has 3 heteroatoms. The van der Waals surface area contributed by atoms with Gasteiger partial charge in [-0.1, -0.05) is 12.1 Å². The van der Waals surface area contributed by atoms with Crippen molar-refractivity contribution in [2.75, 3.05) is 7.11 Å². The van der Waals surface area contributed by atoms with Gasteiger partial charge in [0.05, 0.1) is 7.11 Å². The second-order valence-electron chi connectivity index (χ2n) is 3.54. The van der Waals surface area contributed by atoms with Gasteiger partial charge in [-0.2, -0.15) is 0 Å². The van der Waals surface area contributed by atoms with E-state index >= 15 is 0 Å². The summed E-state index contributed by atoms with van der Waals surface area (Å²) >= 11 is 0. The molecule has 0 saturated heterocycles. The van der Waals surface area contributed by atoms with Crippen molar-refractivity contribution in [1.29, 1.82) is 0 Å². The van der Waals surface area contributed by atoms with Crippen LogP contribution in [-0.4, -0.2) is 18.0 Å². The Morgan fingerprint density at radius 3 is 2.71 bits per heavy atom. The molecule has 0 heterocycles. The molecule has 3 nitrogen and oxygen atoms in total. The van der Waals surface area contributed by atoms with Gasteiger partial charge in [-0.15, -0.1) is 0 Å². The number of rotatable bonds is 2. The van der Waals surface area contributed by atoms with E-state index in [0.29, 0.717) is 18.6 Å². The number of aromatic hydroxyl groups is 1. The molecule has 0 radical (unpaired) electrons. The molecule has 1 N–H and O–H groups in total. The normalized spacial score (nSPS) is 16.5. The molecule has 1 aromatic rings. The first-order valence-corrected chi connectivity index (χ1v) is 4.60. The van der Waals surface area contributed by atoms with Crippen molar-refractivity contribution in [2.45, 2.75) is 18.8 Å². The maximum Gasteiger partial charge on any atom is 0.161 e. The topological polar surface area (TPSA) is 46.5 Å². The highest BCUT2D eigenvalue weighted by Crippen LogP contribution is 2.41. The molecule has 0 unspecified atom stereocenters. The van der Waals surface area contributed by atoms with E-state index in [2.05, 4.69) is 0 Å². The number of benzene rings is 1. The first-order chi connectivity index (χ1) is 6.72. The lowest BCUT2D eigenvalue weighted by molar-refractivity contribution is -0.124. The molecule has 1 aromatic carbocycles. The molecule has 0 spiro atoms. The molecular formula is C11H12O3. The van der Waals surface area contributed by atoms with E-state index in [1.165, 1.54) is 7.11 Å². The molecule has 2 rings (SSSR count). The van der Waals surface area contributed by atoms with E-state index in [0.717, 1.165) is 5.56 Å². The molecule has 0 aromatic heterocycles. The fraction of sp³-hybridized carbons (Fsp3) is 0.364. The molecule has 74 valence electrons. The molecule has 0 atom stereocenters. The highest BCUT2D eigenvalue weighted by atomic mass is 16.5. The average molecular weight is 192 g/mol. The van der Waals surface area contributed by atoms with Gasteiger partial charge in [0.15, 0.2) is 11.5 Å². The smallest absolute Gasteiger partial charge is 0.161 e. The first kappa shape index (κ1) is 9.06. The highest BCUT2D eigenvalue weighted by molar-refractivity contribution is 5.86. The number of para-hydroxylation sites is 1. The van der Waals surface area contributed by atoms with Crippen molar-refractivity contribution in [3.8, 4) is 11.5 Å². The molecule has 0 amide bonds. The second-order valence-corrected chi connectivity index (χ2v) is 3.54. The number of phenolic OH excluding ortho intramolecular Hbond substituents is 1. The lowest BCUT2D eigenvalue weighted by Crippen LogP contribution is -2.21. The van der Waals surface area contributed by atoms with E-state index in [1.807, 2.05) is 12.1 Å². The van der Waals surface area contributed by atoms with Crippen LogP contribution in [-0.2, 0) is 4.79 Å². The predicted octanol–water partition coefficient (Wildman–Crippen LogP) is 1.85. The lowest BCUT2D eigenvalue weighted by atomic mass is 9.78. The number of hydrogen-bond acceptors (Lipinski definition) is 3. The van der Waals surface area contributed by atoms with Crippen molar-refractivity contribution >= 4 is 5.78 Å². The largest absolute Gasteiger partial charge is 0.504 e. The van der Waals surface area contributed by atoms with Crippen LogP contribution >= 0.6 is 0 Å². The number of carbonyl (C=O) groups is 1. The minimum Gasteiger partial charge on any atom is -0.504 e. The van der Waals surface area contributed by atoms with Crippen molar-refractivity contribution in [3.05, 3.63) is 23.8 Å². The maximum atomic E-state index is 10.8. The summed E-state index contributed by atoms with van der Waals surface area (Å²) in [5.41, 5.74) is 0.823. The number of carbonyl (C=O) groups excluding carboxylic acids is 1. The standard InChI is InChI=1S/C11H12O3/c1-14-10-4-2-3-9(11(10)13)7-5-8(12)6-7/h2-4,7,13H,5-6H2,1H3. The molecule has 0 aliphatic heterocycles. The Hall–Kier alpha value is -1.51. The summed E-state index contributed by atoms with van der Waals surface area (Å²) in [6.07, 6.45) is 1.08. The Balaban J connectivity index is 2.29. The van der Waals surface area contributed by atoms with E-state index in [1.54, 1.807) is 6.07 Å². The van der Waals surface area contributed by atoms with Gasteiger partial charge in [0.2, 0.25) is 0 Å². The molecule has 1 saturated carbocycles. The van der Waals surface area contributed by atoms with Gasteiger partial charge in [-0.3, -0.25) is 4.79 Å². The molecule has 1 aliphatic carbocycles. The summed E-state index contributed by atoms with van der Waals surface area (Å²) in [5.74, 6) is 1.09. The average Bonchev–Trinajstić information content (AvgIpc) is 2.14. The van der Waals surface area contributed by atoms with E-state index in [4.69, 9.17) is 4.74 Å². The Morgan fingerprint density at radius 2 is 2.14 bits per heavy atom. The zero-order valence-electron chi connectivity index (χ0n) is 7.99. The third kappa shape index (κ3) is 1.35. The van der Waals surface area contributed by atoms with Crippen LogP contribution in [0.5, 0.6) is 11.5 Å². The summed E-state index contributed by atoms with van der Waals surface area (Å²) in [7, 11) is 1.52. The minimum absolute atomic E-state index is 0.174. The summed E-state index contributed by atoms with van der Waals surface area (Å²) < 4.78 is 5.00. The third-order valence-electron chi connectivity index (χ3n) is 2.64. The fourth-order valence-corrected chi connectivity index (χ4v) is 1.74. The van der Waals surface area contributed by atoms with Gasteiger partial charge in [0, 0.05) is 24.3 Å². The molecule has 0 bridgehead atoms. The number of ether oxygens (including phenoxy) is 1. The SMILES string of the molecule is COc1cccc(C2CC(=O)C2)c1O. The molecule has 1 fully saturated rings. The van der Waals surface area contributed by atoms with E-state index < -0.39 is 0 Å². The quantitative estimate of drug-likeness (QED) is 0.777. The maximum absolute atomic E-state index is 10.8. The minimum atomic E-state index is 0.174. The van der Waals surface area contributed by atoms with Crippen LogP contribution in [0.2, 0.25) is 0 Å². The molecule has 1 aliphatic rings. The van der Waals surface area contributed by atoms with Crippen LogP contribution in [0.3, 0.4) is 0 Å². The number of hydrogen-bond donors (Lipinski definition) is 1. The Morgan fingerprint density at radius 1 is 1.43 bits per heavy atom. The summed E-state index contributed by atoms with van der Waals surface area (Å²) in [6.45, 7) is 0. The predicted molar refractivity (Wildman–Crippen MR) is 51.6 cm³/mol. The monoisotopic (exact) mass is 192 g/mol. The van der Waals surface area contributed by atoms with Crippen molar-refractivity contribution in [1.82, 2.24) is 0 Å². The van der Waals surface area contributed by atoms with Crippen LogP contribution in [0.15, 0.2) is 18.2 Å². The van der Waals surface area contributed by atoms with E-state index in [-0.39, 0.29) is 17.5 Å². The third-order valence-corrected chi connectivity index (χ3v) is 2.64. The number of methoxy groups -OCH3 is 1. The Labute approximate surface area is 82.3 Å². The Kier molecular flexibility index (Phi) is 2.15. The van der Waals surface area contributed by atoms with Gasteiger partial charge in [-0.25, -0.2) is 0 Å². The fourth-order valence-electron chi connectivity index (χ4n) is 1.74. The number of phenols is 1. The van der Waals surface area contributed by atoms with Crippen LogP contribution in [0.25, 0.3) is 0 Å². The Bertz CT molecular complexity index is 363. The summed E-state index contributed by atoms with van der Waals surface area (Å²) in [6, 6.07) is 5.38. The first-order valence-electron chi connectivity index (χ1n) is 4.60. The van der Waals surface area contributed by atoms with Gasteiger partial charge in [0.25, 0.3) is 0 Å². The molecular weight excluding hydrogens is 180 g/mol. The second kappa shape index (κ2) is 3.33. The highest BCUT2D eigenvalue weighted by Gasteiger charge is 2.30. The zero-order valence-corrected chi connectivity index (χ0v) is 7.99. The van der Waals surface area contributed by atoms with Crippen LogP contribution < -0.4 is 4.74 Å². The number of ketones is 1. The van der Waals surface area contributed by atoms with Crippen LogP contribution in [0, 0.1) is 0 Å². The number of Topliss-reactive ketones (excluding diaryl/α,β-unsaturated/α-hetero) is 1. The lowest BCUT2D eigenvalue weighted by Gasteiger charge is -2.25.